The third kappa shape index (κ3) is 5.91. The van der Waals surface area contributed by atoms with Crippen LogP contribution in [0.4, 0.5) is 4.39 Å². The van der Waals surface area contributed by atoms with Crippen LogP contribution in [0.3, 0.4) is 0 Å². The number of aromatic amines is 1. The number of nitrogens with zero attached hydrogens (tertiary/aromatic N) is 1. The van der Waals surface area contributed by atoms with Crippen molar-refractivity contribution in [2.75, 3.05) is 6.61 Å². The number of aliphatic hydroxyl groups is 1. The van der Waals surface area contributed by atoms with Crippen molar-refractivity contribution in [1.29, 1.82) is 0 Å². The van der Waals surface area contributed by atoms with Crippen molar-refractivity contribution in [2.45, 2.75) is 63.9 Å². The highest BCUT2D eigenvalue weighted by molar-refractivity contribution is 7.52. The van der Waals surface area contributed by atoms with Crippen molar-refractivity contribution in [1.82, 2.24) is 14.6 Å². The number of hydrogen-bond acceptors (Lipinski definition) is 10. The lowest BCUT2D eigenvalue weighted by Gasteiger charge is -2.26. The Morgan fingerprint density at radius 3 is 2.48 bits per heavy atom. The maximum absolute atomic E-state index is 15.7. The van der Waals surface area contributed by atoms with E-state index in [9.17, 15) is 28.8 Å². The van der Waals surface area contributed by atoms with Gasteiger partial charge in [0, 0.05) is 29.0 Å². The van der Waals surface area contributed by atoms with E-state index in [0.29, 0.717) is 22.3 Å². The molecule has 1 aliphatic heterocycles. The molecule has 1 saturated heterocycles. The van der Waals surface area contributed by atoms with Crippen LogP contribution in [0.2, 0.25) is 0 Å². The van der Waals surface area contributed by atoms with Gasteiger partial charge in [0.05, 0.1) is 12.7 Å². The lowest BCUT2D eigenvalue weighted by Crippen LogP contribution is -2.43. The molecule has 234 valence electrons. The lowest BCUT2D eigenvalue weighted by molar-refractivity contribution is -0.149. The Morgan fingerprint density at radius 1 is 1.11 bits per heavy atom. The molecule has 6 unspecified atom stereocenters. The fourth-order valence-corrected chi connectivity index (χ4v) is 6.61. The number of carbonyl (C=O) groups is 2. The summed E-state index contributed by atoms with van der Waals surface area (Å²) >= 11 is 0. The van der Waals surface area contributed by atoms with Crippen LogP contribution < -0.4 is 20.9 Å². The van der Waals surface area contributed by atoms with Gasteiger partial charge in [-0.3, -0.25) is 28.5 Å². The summed E-state index contributed by atoms with van der Waals surface area (Å²) in [5.74, 6) is -1.02. The first-order chi connectivity index (χ1) is 20.7. The molecule has 1 aliphatic carbocycles. The number of aliphatic hydroxyl groups excluding tert-OH is 1. The fraction of sp³-hybridized carbons (Fsp3) is 0.379. The molecule has 2 aromatic carbocycles. The Bertz CT molecular complexity index is 1770. The average Bonchev–Trinajstić information content (AvgIpc) is 3.37. The van der Waals surface area contributed by atoms with Gasteiger partial charge in [-0.2, -0.15) is 5.09 Å². The zero-order valence-corrected chi connectivity index (χ0v) is 25.1. The van der Waals surface area contributed by atoms with Crippen LogP contribution in [0.25, 0.3) is 11.1 Å². The zero-order valence-electron chi connectivity index (χ0n) is 24.2. The van der Waals surface area contributed by atoms with Gasteiger partial charge in [-0.15, -0.1) is 0 Å². The summed E-state index contributed by atoms with van der Waals surface area (Å²) in [4.78, 5) is 51.4. The molecule has 44 heavy (non-hydrogen) atoms. The molecule has 3 aromatic rings. The van der Waals surface area contributed by atoms with E-state index in [-0.39, 0.29) is 11.5 Å². The van der Waals surface area contributed by atoms with E-state index in [1.807, 2.05) is 4.98 Å². The molecule has 2 aliphatic rings. The number of benzene rings is 2. The Balaban J connectivity index is 1.45. The molecule has 0 amide bonds. The summed E-state index contributed by atoms with van der Waals surface area (Å²) in [6, 6.07) is 11.2. The number of rotatable bonds is 10. The summed E-state index contributed by atoms with van der Waals surface area (Å²) in [6.07, 6.45) is -4.50. The Hall–Kier alpha value is -3.94. The second-order valence-corrected chi connectivity index (χ2v) is 12.6. The minimum Gasteiger partial charge on any atom is -0.462 e. The summed E-state index contributed by atoms with van der Waals surface area (Å²) in [7, 11) is -4.58. The van der Waals surface area contributed by atoms with Crippen LogP contribution in [0, 0.1) is 0 Å². The number of fused-ring (bicyclic) bond motifs is 3. The highest BCUT2D eigenvalue weighted by Gasteiger charge is 2.56. The van der Waals surface area contributed by atoms with E-state index >= 15 is 4.39 Å². The molecule has 15 heteroatoms. The highest BCUT2D eigenvalue weighted by atomic mass is 31.2. The van der Waals surface area contributed by atoms with Crippen LogP contribution in [0.15, 0.2) is 64.3 Å². The van der Waals surface area contributed by atoms with Crippen molar-refractivity contribution >= 4 is 19.5 Å². The number of esters is 1. The number of H-pyrrole nitrogens is 1. The number of ether oxygens (including phenoxy) is 2. The molecule has 6 atom stereocenters. The van der Waals surface area contributed by atoms with Crippen LogP contribution >= 0.6 is 7.75 Å². The van der Waals surface area contributed by atoms with E-state index < -0.39 is 67.8 Å². The smallest absolute Gasteiger partial charge is 0.459 e. The number of halogens is 1. The summed E-state index contributed by atoms with van der Waals surface area (Å²) in [5, 5.41) is 13.3. The Kier molecular flexibility index (Phi) is 8.49. The molecule has 1 aromatic heterocycles. The second kappa shape index (κ2) is 11.9. The number of nitrogens with one attached hydrogen (secondary N) is 2. The van der Waals surface area contributed by atoms with Crippen molar-refractivity contribution in [3.8, 4) is 16.9 Å². The van der Waals surface area contributed by atoms with Crippen LogP contribution in [0.1, 0.15) is 49.8 Å². The number of aromatic nitrogens is 2. The monoisotopic (exact) mass is 631 g/mol. The van der Waals surface area contributed by atoms with Gasteiger partial charge < -0.3 is 19.1 Å². The minimum absolute atomic E-state index is 0.00180. The van der Waals surface area contributed by atoms with Gasteiger partial charge in [-0.25, -0.2) is 13.8 Å². The van der Waals surface area contributed by atoms with Crippen molar-refractivity contribution in [3.05, 3.63) is 86.7 Å². The lowest BCUT2D eigenvalue weighted by atomic mass is 9.98. The highest BCUT2D eigenvalue weighted by Crippen LogP contribution is 2.51. The Labute approximate surface area is 250 Å². The number of hydrogen-bond donors (Lipinski definition) is 3. The zero-order chi connectivity index (χ0) is 32.0. The summed E-state index contributed by atoms with van der Waals surface area (Å²) in [5.41, 5.74) is -2.60. The standard InChI is InChI=1S/C29H31FN3O10P/c1-15(2)41-26(37)16(3)32-44(39,43-20-11-7-10-19-23(20)17-8-5-6-9-18(17)24(19)35)40-14-21-25(36)29(4,30)27(42-21)33-13-12-22(34)31-28(33)38/h5-13,15-16,21,25,27,36H,14H2,1-4H3,(H,32,39)(H,31,34,38). The van der Waals surface area contributed by atoms with Crippen LogP contribution in [-0.2, 0) is 23.4 Å². The number of alkyl halides is 1. The van der Waals surface area contributed by atoms with Gasteiger partial charge in [0.25, 0.3) is 5.56 Å². The van der Waals surface area contributed by atoms with Gasteiger partial charge in [0.1, 0.15) is 24.0 Å². The molecule has 0 spiro atoms. The van der Waals surface area contributed by atoms with E-state index in [4.69, 9.17) is 18.5 Å². The molecule has 5 rings (SSSR count). The van der Waals surface area contributed by atoms with Crippen molar-refractivity contribution in [3.63, 3.8) is 0 Å². The van der Waals surface area contributed by atoms with E-state index in [1.165, 1.54) is 19.1 Å². The summed E-state index contributed by atoms with van der Waals surface area (Å²) < 4.78 is 53.1. The maximum atomic E-state index is 15.7. The molecule has 13 nitrogen and oxygen atoms in total. The molecular weight excluding hydrogens is 600 g/mol. The minimum atomic E-state index is -4.58. The molecular formula is C29H31FN3O10P. The molecule has 0 radical (unpaired) electrons. The van der Waals surface area contributed by atoms with Gasteiger partial charge in [-0.1, -0.05) is 36.4 Å². The van der Waals surface area contributed by atoms with Crippen LogP contribution in [0.5, 0.6) is 5.75 Å². The first kappa shape index (κ1) is 31.5. The molecule has 0 saturated carbocycles. The number of carbonyl (C=O) groups excluding carboxylic acids is 2. The summed E-state index contributed by atoms with van der Waals surface area (Å²) in [6.45, 7) is 4.91. The van der Waals surface area contributed by atoms with E-state index in [1.54, 1.807) is 44.2 Å². The molecule has 0 bridgehead atoms. The predicted octanol–water partition coefficient (Wildman–Crippen LogP) is 2.87. The van der Waals surface area contributed by atoms with E-state index in [2.05, 4.69) is 5.09 Å². The van der Waals surface area contributed by atoms with Gasteiger partial charge in [0.15, 0.2) is 17.7 Å². The average molecular weight is 632 g/mol. The quantitative estimate of drug-likeness (QED) is 0.173. The fourth-order valence-electron chi connectivity index (χ4n) is 5.10. The van der Waals surface area contributed by atoms with E-state index in [0.717, 1.165) is 23.8 Å². The first-order valence-corrected chi connectivity index (χ1v) is 15.3. The van der Waals surface area contributed by atoms with Gasteiger partial charge >= 0.3 is 19.4 Å². The van der Waals surface area contributed by atoms with Crippen LogP contribution in [-0.4, -0.2) is 63.0 Å². The molecule has 2 heterocycles. The van der Waals surface area contributed by atoms with Gasteiger partial charge in [-0.05, 0) is 39.3 Å². The second-order valence-electron chi connectivity index (χ2n) is 10.9. The predicted molar refractivity (Wildman–Crippen MR) is 154 cm³/mol. The third-order valence-electron chi connectivity index (χ3n) is 7.22. The van der Waals surface area contributed by atoms with Gasteiger partial charge in [0.2, 0.25) is 0 Å². The number of ketones is 1. The SMILES string of the molecule is CC(C)OC(=O)C(C)NP(=O)(OCC1OC(n2ccc(=O)[nH]c2=O)C(C)(F)C1O)Oc1cccc2c1-c1ccccc1C2=O. The topological polar surface area (TPSA) is 175 Å². The normalized spacial score (nSPS) is 24.4. The van der Waals surface area contributed by atoms with Crippen molar-refractivity contribution in [2.24, 2.45) is 0 Å². The third-order valence-corrected chi connectivity index (χ3v) is 8.85. The maximum Gasteiger partial charge on any atom is 0.459 e. The van der Waals surface area contributed by atoms with Crippen molar-refractivity contribution < 1.29 is 42.2 Å². The first-order valence-electron chi connectivity index (χ1n) is 13.8. The molecule has 1 fully saturated rings. The largest absolute Gasteiger partial charge is 0.462 e. The molecule has 3 N–H and O–H groups in total. The Morgan fingerprint density at radius 2 is 1.80 bits per heavy atom.